The van der Waals surface area contributed by atoms with E-state index in [1.807, 2.05) is 67.6 Å². The van der Waals surface area contributed by atoms with Crippen LogP contribution in [0, 0.1) is 7.14 Å². The van der Waals surface area contributed by atoms with E-state index in [0.29, 0.717) is 17.9 Å². The van der Waals surface area contributed by atoms with Gasteiger partial charge in [-0.15, -0.1) is 0 Å². The Labute approximate surface area is 225 Å². The number of fused-ring (bicyclic) bond motifs is 1. The number of hydrazone groups is 1. The van der Waals surface area contributed by atoms with Crippen LogP contribution in [0.2, 0.25) is 0 Å². The lowest BCUT2D eigenvalue weighted by Crippen LogP contribution is -2.21. The second kappa shape index (κ2) is 9.87. The summed E-state index contributed by atoms with van der Waals surface area (Å²) in [6.45, 7) is 2.36. The van der Waals surface area contributed by atoms with Crippen molar-refractivity contribution in [2.24, 2.45) is 5.10 Å². The lowest BCUT2D eigenvalue weighted by molar-refractivity contribution is -0.114. The quantitative estimate of drug-likeness (QED) is 0.164. The molecule has 0 saturated heterocycles. The Hall–Kier alpha value is -2.72. The highest BCUT2D eigenvalue weighted by Gasteiger charge is 2.28. The van der Waals surface area contributed by atoms with Crippen LogP contribution in [-0.2, 0) is 11.4 Å². The second-order valence-corrected chi connectivity index (χ2v) is 10.3. The zero-order valence-corrected chi connectivity index (χ0v) is 22.6. The Bertz CT molecular complexity index is 1440. The van der Waals surface area contributed by atoms with Crippen LogP contribution in [0.3, 0.4) is 0 Å². The van der Waals surface area contributed by atoms with Gasteiger partial charge in [0.25, 0.3) is 5.91 Å². The maximum absolute atomic E-state index is 13.0. The van der Waals surface area contributed by atoms with E-state index in [1.165, 1.54) is 15.8 Å². The number of nitrogens with zero attached hydrogens (tertiary/aromatic N) is 2. The highest BCUT2D eigenvalue weighted by Crippen LogP contribution is 2.32. The molecule has 1 heterocycles. The first kappa shape index (κ1) is 23.0. The lowest BCUT2D eigenvalue weighted by Gasteiger charge is -2.13. The Balaban J connectivity index is 1.36. The van der Waals surface area contributed by atoms with Gasteiger partial charge in [-0.3, -0.25) is 4.79 Å². The molecule has 1 aliphatic heterocycles. The van der Waals surface area contributed by atoms with Crippen molar-refractivity contribution in [3.8, 4) is 5.75 Å². The maximum Gasteiger partial charge on any atom is 0.280 e. The highest BCUT2D eigenvalue weighted by atomic mass is 127. The molecule has 0 atom stereocenters. The summed E-state index contributed by atoms with van der Waals surface area (Å²) in [7, 11) is 0. The molecule has 4 nitrogen and oxygen atoms in total. The summed E-state index contributed by atoms with van der Waals surface area (Å²) >= 11 is 4.59. The summed E-state index contributed by atoms with van der Waals surface area (Å²) in [5.41, 5.74) is 4.13. The van der Waals surface area contributed by atoms with Gasteiger partial charge in [0, 0.05) is 0 Å². The number of benzene rings is 4. The smallest absolute Gasteiger partial charge is 0.280 e. The molecule has 34 heavy (non-hydrogen) atoms. The van der Waals surface area contributed by atoms with E-state index in [1.54, 1.807) is 0 Å². The van der Waals surface area contributed by atoms with Crippen molar-refractivity contribution in [1.82, 2.24) is 0 Å². The van der Waals surface area contributed by atoms with Crippen LogP contribution in [0.15, 0.2) is 95.6 Å². The first-order chi connectivity index (χ1) is 16.5. The van der Waals surface area contributed by atoms with Gasteiger partial charge >= 0.3 is 0 Å². The average Bonchev–Trinajstić information content (AvgIpc) is 3.12. The summed E-state index contributed by atoms with van der Waals surface area (Å²) in [5.74, 6) is 0.732. The van der Waals surface area contributed by atoms with Crippen molar-refractivity contribution in [3.05, 3.63) is 109 Å². The Kier molecular flexibility index (Phi) is 6.69. The molecule has 1 amide bonds. The minimum atomic E-state index is -0.120. The van der Waals surface area contributed by atoms with Gasteiger partial charge in [0.15, 0.2) is 0 Å². The molecule has 4 aromatic rings. The van der Waals surface area contributed by atoms with Gasteiger partial charge in [-0.25, -0.2) is 0 Å². The monoisotopic (exact) mass is 670 g/mol. The van der Waals surface area contributed by atoms with Crippen LogP contribution >= 0.6 is 45.2 Å². The molecule has 6 heteroatoms. The number of halogens is 2. The van der Waals surface area contributed by atoms with Gasteiger partial charge in [-0.05, 0) is 110 Å². The number of para-hydroxylation sites is 1. The van der Waals surface area contributed by atoms with Gasteiger partial charge in [-0.2, -0.15) is 10.1 Å². The van der Waals surface area contributed by atoms with E-state index in [2.05, 4.69) is 80.6 Å². The van der Waals surface area contributed by atoms with Crippen molar-refractivity contribution >= 4 is 79.3 Å². The molecule has 0 saturated carbocycles. The zero-order valence-electron chi connectivity index (χ0n) is 18.3. The number of amides is 1. The van der Waals surface area contributed by atoms with E-state index < -0.39 is 0 Å². The van der Waals surface area contributed by atoms with E-state index in [9.17, 15) is 4.79 Å². The van der Waals surface area contributed by atoms with Gasteiger partial charge in [0.05, 0.1) is 24.1 Å². The Morgan fingerprint density at radius 1 is 0.882 bits per heavy atom. The van der Waals surface area contributed by atoms with Gasteiger partial charge in [-0.1, -0.05) is 54.6 Å². The summed E-state index contributed by atoms with van der Waals surface area (Å²) in [5, 5.41) is 8.35. The fourth-order valence-electron chi connectivity index (χ4n) is 3.88. The van der Waals surface area contributed by atoms with Crippen LogP contribution in [0.1, 0.15) is 18.1 Å². The normalized spacial score (nSPS) is 14.7. The molecule has 168 valence electrons. The number of anilines is 1. The van der Waals surface area contributed by atoms with Crippen LogP contribution in [0.5, 0.6) is 5.75 Å². The predicted octanol–water partition coefficient (Wildman–Crippen LogP) is 7.43. The zero-order chi connectivity index (χ0) is 23.7. The summed E-state index contributed by atoms with van der Waals surface area (Å²) < 4.78 is 8.20. The molecule has 0 bridgehead atoms. The standard InChI is InChI=1S/C28H20I2N2O2/c1-18-24(28(33)32(31-18)23-9-3-2-4-10-23)14-20-15-25(29)27(26(30)16-20)34-17-19-11-12-21-7-5-6-8-22(21)13-19/h2-16H,17H2,1H3/b24-14+. The molecular formula is C28H20I2N2O2. The van der Waals surface area contributed by atoms with E-state index in [-0.39, 0.29) is 5.91 Å². The third-order valence-corrected chi connectivity index (χ3v) is 7.19. The van der Waals surface area contributed by atoms with Gasteiger partial charge in [0.1, 0.15) is 12.4 Å². The number of hydrogen-bond donors (Lipinski definition) is 0. The molecule has 0 fully saturated rings. The number of rotatable bonds is 5. The molecule has 0 radical (unpaired) electrons. The van der Waals surface area contributed by atoms with Crippen molar-refractivity contribution in [3.63, 3.8) is 0 Å². The Morgan fingerprint density at radius 2 is 1.56 bits per heavy atom. The molecule has 1 aliphatic rings. The van der Waals surface area contributed by atoms with Crippen LogP contribution in [0.25, 0.3) is 16.8 Å². The van der Waals surface area contributed by atoms with Gasteiger partial charge < -0.3 is 4.74 Å². The van der Waals surface area contributed by atoms with Crippen molar-refractivity contribution in [1.29, 1.82) is 0 Å². The molecule has 0 aromatic heterocycles. The first-order valence-electron chi connectivity index (χ1n) is 10.8. The van der Waals surface area contributed by atoms with Crippen LogP contribution in [-0.4, -0.2) is 11.6 Å². The molecule has 0 aliphatic carbocycles. The molecule has 4 aromatic carbocycles. The molecular weight excluding hydrogens is 650 g/mol. The third kappa shape index (κ3) is 4.74. The fraction of sp³-hybridized carbons (Fsp3) is 0.0714. The van der Waals surface area contributed by atoms with Crippen molar-refractivity contribution < 1.29 is 9.53 Å². The number of carbonyl (C=O) groups is 1. The maximum atomic E-state index is 13.0. The van der Waals surface area contributed by atoms with Crippen LogP contribution in [0.4, 0.5) is 5.69 Å². The minimum absolute atomic E-state index is 0.120. The third-order valence-electron chi connectivity index (χ3n) is 5.59. The first-order valence-corrected chi connectivity index (χ1v) is 12.9. The number of ether oxygens (including phenoxy) is 1. The van der Waals surface area contributed by atoms with Crippen molar-refractivity contribution in [2.45, 2.75) is 13.5 Å². The van der Waals surface area contributed by atoms with Gasteiger partial charge in [0.2, 0.25) is 0 Å². The number of carbonyl (C=O) groups excluding carboxylic acids is 1. The molecule has 0 N–H and O–H groups in total. The number of hydrogen-bond acceptors (Lipinski definition) is 3. The summed E-state index contributed by atoms with van der Waals surface area (Å²) in [4.78, 5) is 13.0. The summed E-state index contributed by atoms with van der Waals surface area (Å²) in [6.07, 6.45) is 1.90. The molecule has 0 unspecified atom stereocenters. The Morgan fingerprint density at radius 3 is 2.29 bits per heavy atom. The fourth-order valence-corrected chi connectivity index (χ4v) is 6.01. The van der Waals surface area contributed by atoms with E-state index in [4.69, 9.17) is 4.74 Å². The second-order valence-electron chi connectivity index (χ2n) is 7.98. The van der Waals surface area contributed by atoms with E-state index >= 15 is 0 Å². The molecule has 5 rings (SSSR count). The average molecular weight is 670 g/mol. The van der Waals surface area contributed by atoms with E-state index in [0.717, 1.165) is 29.7 Å². The predicted molar refractivity (Wildman–Crippen MR) is 155 cm³/mol. The van der Waals surface area contributed by atoms with Crippen LogP contribution < -0.4 is 9.75 Å². The minimum Gasteiger partial charge on any atom is -0.487 e. The largest absolute Gasteiger partial charge is 0.487 e. The topological polar surface area (TPSA) is 41.9 Å². The molecule has 0 spiro atoms. The lowest BCUT2D eigenvalue weighted by atomic mass is 10.1. The highest BCUT2D eigenvalue weighted by molar-refractivity contribution is 14.1. The van der Waals surface area contributed by atoms with Crippen molar-refractivity contribution in [2.75, 3.05) is 5.01 Å². The summed E-state index contributed by atoms with van der Waals surface area (Å²) in [6, 6.07) is 28.3. The SMILES string of the molecule is CC1=NN(c2ccccc2)C(=O)/C1=C/c1cc(I)c(OCc2ccc3ccccc3c2)c(I)c1.